The van der Waals surface area contributed by atoms with Crippen LogP contribution in [0, 0.1) is 6.92 Å². The lowest BCUT2D eigenvalue weighted by atomic mass is 10.1. The van der Waals surface area contributed by atoms with Gasteiger partial charge in [-0.05, 0) is 39.3 Å². The summed E-state index contributed by atoms with van der Waals surface area (Å²) >= 11 is 6.03. The van der Waals surface area contributed by atoms with Gasteiger partial charge in [-0.3, -0.25) is 19.3 Å². The number of hydrogen-bond acceptors (Lipinski definition) is 6. The summed E-state index contributed by atoms with van der Waals surface area (Å²) in [5.74, 6) is -1.69. The molecule has 0 spiro atoms. The fraction of sp³-hybridized carbons (Fsp3) is 0.444. The average molecular weight is 412 g/mol. The molecule has 1 aliphatic rings. The number of carbonyl (C=O) groups excluding carboxylic acids is 4. The van der Waals surface area contributed by atoms with Gasteiger partial charge < -0.3 is 20.1 Å². The minimum absolute atomic E-state index is 0.351. The molecule has 1 unspecified atom stereocenters. The van der Waals surface area contributed by atoms with Crippen LogP contribution in [-0.4, -0.2) is 54.0 Å². The van der Waals surface area contributed by atoms with E-state index in [9.17, 15) is 19.2 Å². The number of nitrogens with zero attached hydrogens (tertiary/aromatic N) is 1. The average Bonchev–Trinajstić information content (AvgIpc) is 2.79. The topological polar surface area (TPSA) is 114 Å². The first-order valence-corrected chi connectivity index (χ1v) is 8.82. The third-order valence-corrected chi connectivity index (χ3v) is 4.55. The van der Waals surface area contributed by atoms with Crippen molar-refractivity contribution in [3.05, 3.63) is 22.7 Å². The molecule has 1 aromatic rings. The summed E-state index contributed by atoms with van der Waals surface area (Å²) < 4.78 is 10.2. The first-order valence-electron chi connectivity index (χ1n) is 8.45. The van der Waals surface area contributed by atoms with Crippen LogP contribution in [0.3, 0.4) is 0 Å². The monoisotopic (exact) mass is 411 g/mol. The lowest BCUT2D eigenvalue weighted by molar-refractivity contribution is -0.155. The zero-order valence-electron chi connectivity index (χ0n) is 16.2. The van der Waals surface area contributed by atoms with Gasteiger partial charge in [0.25, 0.3) is 11.8 Å². The number of hydrogen-bond donors (Lipinski definition) is 2. The minimum Gasteiger partial charge on any atom is -0.495 e. The number of anilines is 1. The molecule has 1 fully saturated rings. The lowest BCUT2D eigenvalue weighted by Crippen LogP contribution is -2.42. The van der Waals surface area contributed by atoms with Crippen LogP contribution in [0.4, 0.5) is 10.5 Å². The number of carbonyl (C=O) groups is 4. The van der Waals surface area contributed by atoms with Crippen LogP contribution in [-0.2, 0) is 19.1 Å². The molecule has 4 amide bonds. The van der Waals surface area contributed by atoms with E-state index in [1.165, 1.54) is 27.9 Å². The van der Waals surface area contributed by atoms with E-state index in [2.05, 4.69) is 10.6 Å². The van der Waals surface area contributed by atoms with E-state index in [4.69, 9.17) is 21.1 Å². The maximum atomic E-state index is 12.3. The second kappa shape index (κ2) is 8.05. The molecule has 10 heteroatoms. The van der Waals surface area contributed by atoms with Crippen molar-refractivity contribution in [3.8, 4) is 5.75 Å². The molecule has 1 saturated heterocycles. The van der Waals surface area contributed by atoms with Crippen LogP contribution in [0.5, 0.6) is 5.75 Å². The number of methoxy groups -OCH3 is 1. The number of nitrogens with one attached hydrogen (secondary N) is 2. The van der Waals surface area contributed by atoms with Gasteiger partial charge in [0.05, 0.1) is 12.8 Å². The number of ether oxygens (including phenoxy) is 2. The molecular weight excluding hydrogens is 390 g/mol. The van der Waals surface area contributed by atoms with Crippen LogP contribution in [0.15, 0.2) is 12.1 Å². The zero-order valence-corrected chi connectivity index (χ0v) is 17.0. The lowest BCUT2D eigenvalue weighted by Gasteiger charge is -2.18. The first kappa shape index (κ1) is 21.5. The van der Waals surface area contributed by atoms with Gasteiger partial charge in [0, 0.05) is 11.1 Å². The van der Waals surface area contributed by atoms with Crippen molar-refractivity contribution in [2.24, 2.45) is 0 Å². The van der Waals surface area contributed by atoms with Gasteiger partial charge in [-0.1, -0.05) is 11.6 Å². The van der Waals surface area contributed by atoms with E-state index in [1.54, 1.807) is 19.1 Å². The number of imide groups is 1. The minimum atomic E-state index is -1.16. The van der Waals surface area contributed by atoms with E-state index in [1.807, 2.05) is 0 Å². The van der Waals surface area contributed by atoms with Gasteiger partial charge in [0.2, 0.25) is 0 Å². The van der Waals surface area contributed by atoms with E-state index in [-0.39, 0.29) is 0 Å². The molecule has 1 aliphatic heterocycles. The quantitative estimate of drug-likeness (QED) is 0.545. The number of aryl methyl sites for hydroxylation is 1. The normalized spacial score (nSPS) is 16.4. The van der Waals surface area contributed by atoms with Gasteiger partial charge in [-0.2, -0.15) is 0 Å². The van der Waals surface area contributed by atoms with Crippen LogP contribution in [0.25, 0.3) is 0 Å². The Balaban J connectivity index is 1.99. The van der Waals surface area contributed by atoms with Crippen molar-refractivity contribution < 1.29 is 28.7 Å². The Labute approximate surface area is 167 Å². The Hall–Kier alpha value is -2.81. The highest BCUT2D eigenvalue weighted by Crippen LogP contribution is 2.31. The molecule has 28 heavy (non-hydrogen) atoms. The molecule has 0 aromatic heterocycles. The predicted molar refractivity (Wildman–Crippen MR) is 101 cm³/mol. The van der Waals surface area contributed by atoms with E-state index in [0.29, 0.717) is 16.5 Å². The van der Waals surface area contributed by atoms with Crippen molar-refractivity contribution in [2.45, 2.75) is 39.3 Å². The summed E-state index contributed by atoms with van der Waals surface area (Å²) in [5.41, 5.74) is 0.000301. The summed E-state index contributed by atoms with van der Waals surface area (Å²) in [6, 6.07) is 2.50. The van der Waals surface area contributed by atoms with Crippen LogP contribution in [0.1, 0.15) is 26.3 Å². The van der Waals surface area contributed by atoms with Gasteiger partial charge in [-0.15, -0.1) is 0 Å². The maximum absolute atomic E-state index is 12.3. The fourth-order valence-electron chi connectivity index (χ4n) is 2.54. The third kappa shape index (κ3) is 4.53. The van der Waals surface area contributed by atoms with E-state index < -0.39 is 42.0 Å². The van der Waals surface area contributed by atoms with Crippen LogP contribution < -0.4 is 15.4 Å². The molecular formula is C18H22ClN3O6. The molecule has 0 saturated carbocycles. The molecule has 2 rings (SSSR count). The molecule has 1 heterocycles. The van der Waals surface area contributed by atoms with E-state index in [0.717, 1.165) is 10.5 Å². The van der Waals surface area contributed by atoms with Crippen molar-refractivity contribution in [1.82, 2.24) is 10.2 Å². The Bertz CT molecular complexity index is 839. The second-order valence-electron chi connectivity index (χ2n) is 6.87. The highest BCUT2D eigenvalue weighted by atomic mass is 35.5. The van der Waals surface area contributed by atoms with Crippen molar-refractivity contribution in [1.29, 1.82) is 0 Å². The SMILES string of the molecule is COc1cc(Cl)c(C)cc1NC(=O)C(C)OC(=O)CN1C(=O)NC(C)(C)C1=O. The maximum Gasteiger partial charge on any atom is 0.327 e. The summed E-state index contributed by atoms with van der Waals surface area (Å²) in [7, 11) is 1.43. The molecule has 152 valence electrons. The molecule has 2 N–H and O–H groups in total. The summed E-state index contributed by atoms with van der Waals surface area (Å²) in [6.07, 6.45) is -1.16. The number of benzene rings is 1. The number of urea groups is 1. The Morgan fingerprint density at radius 3 is 2.50 bits per heavy atom. The van der Waals surface area contributed by atoms with Crippen molar-refractivity contribution in [2.75, 3.05) is 19.0 Å². The van der Waals surface area contributed by atoms with Crippen LogP contribution >= 0.6 is 11.6 Å². The molecule has 1 aromatic carbocycles. The Morgan fingerprint density at radius 2 is 1.96 bits per heavy atom. The summed E-state index contributed by atoms with van der Waals surface area (Å²) in [4.78, 5) is 49.1. The number of rotatable bonds is 6. The fourth-order valence-corrected chi connectivity index (χ4v) is 2.70. The smallest absolute Gasteiger partial charge is 0.327 e. The van der Waals surface area contributed by atoms with Gasteiger partial charge in [-0.25, -0.2) is 4.79 Å². The number of halogens is 1. The number of amides is 4. The molecule has 0 aliphatic carbocycles. The highest BCUT2D eigenvalue weighted by molar-refractivity contribution is 6.31. The van der Waals surface area contributed by atoms with Gasteiger partial charge >= 0.3 is 12.0 Å². The molecule has 1 atom stereocenters. The first-order chi connectivity index (χ1) is 13.0. The summed E-state index contributed by atoms with van der Waals surface area (Å²) in [5, 5.41) is 5.53. The third-order valence-electron chi connectivity index (χ3n) is 4.15. The Kier molecular flexibility index (Phi) is 6.18. The van der Waals surface area contributed by atoms with Crippen molar-refractivity contribution in [3.63, 3.8) is 0 Å². The molecule has 0 radical (unpaired) electrons. The predicted octanol–water partition coefficient (Wildman–Crippen LogP) is 1.86. The molecule has 9 nitrogen and oxygen atoms in total. The van der Waals surface area contributed by atoms with E-state index >= 15 is 0 Å². The van der Waals surface area contributed by atoms with Crippen molar-refractivity contribution >= 4 is 41.1 Å². The highest BCUT2D eigenvalue weighted by Gasteiger charge is 2.45. The zero-order chi connectivity index (χ0) is 21.2. The Morgan fingerprint density at radius 1 is 1.32 bits per heavy atom. The largest absolute Gasteiger partial charge is 0.495 e. The molecule has 0 bridgehead atoms. The van der Waals surface area contributed by atoms with Gasteiger partial charge in [0.15, 0.2) is 6.10 Å². The summed E-state index contributed by atoms with van der Waals surface area (Å²) in [6.45, 7) is 5.60. The number of esters is 1. The standard InChI is InChI=1S/C18H22ClN3O6/c1-9-6-12(13(27-5)7-11(9)19)20-15(24)10(2)28-14(23)8-22-16(25)18(3,4)21-17(22)26/h6-7,10H,8H2,1-5H3,(H,20,24)(H,21,26). The second-order valence-corrected chi connectivity index (χ2v) is 7.28. The van der Waals surface area contributed by atoms with Gasteiger partial charge in [0.1, 0.15) is 17.8 Å². The van der Waals surface area contributed by atoms with Crippen LogP contribution in [0.2, 0.25) is 5.02 Å².